The third-order valence-corrected chi connectivity index (χ3v) is 6.30. The van der Waals surface area contributed by atoms with Crippen LogP contribution in [0.15, 0.2) is 53.4 Å². The topological polar surface area (TPSA) is 84.9 Å². The number of carbonyl (C=O) groups excluding carboxylic acids is 1. The van der Waals surface area contributed by atoms with Gasteiger partial charge in [0, 0.05) is 18.7 Å². The highest BCUT2D eigenvalue weighted by Gasteiger charge is 2.26. The van der Waals surface area contributed by atoms with Gasteiger partial charge in [0.1, 0.15) is 5.75 Å². The molecule has 2 aromatic carbocycles. The lowest BCUT2D eigenvalue weighted by Gasteiger charge is -2.26. The molecule has 0 radical (unpaired) electrons. The molecule has 3 rings (SSSR count). The van der Waals surface area contributed by atoms with Crippen molar-refractivity contribution in [3.8, 4) is 17.6 Å². The molecule has 1 fully saturated rings. The first-order chi connectivity index (χ1) is 14.0. The number of amides is 1. The normalized spacial score (nSPS) is 14.5. The molecular weight excluding hydrogens is 392 g/mol. The summed E-state index contributed by atoms with van der Waals surface area (Å²) in [5, 5.41) is 2.70. The molecule has 1 saturated heterocycles. The molecule has 0 spiro atoms. The molecular formula is C21H22N2O5S. The number of benzene rings is 2. The number of hydrogen-bond donors (Lipinski definition) is 1. The standard InChI is InChI=1S/C21H22N2O5S/c1-27-20-7-3-2-5-17(20)6-4-12-22-21(24)18-8-10-19(11-9-18)29(25,26)23-13-15-28-16-14-23/h2-3,5,7-11H,12-16H2,1H3,(H,22,24). The van der Waals surface area contributed by atoms with Crippen molar-refractivity contribution in [2.75, 3.05) is 40.0 Å². The molecule has 8 heteroatoms. The largest absolute Gasteiger partial charge is 0.495 e. The van der Waals surface area contributed by atoms with Gasteiger partial charge in [-0.3, -0.25) is 4.79 Å². The molecule has 0 aromatic heterocycles. The van der Waals surface area contributed by atoms with Gasteiger partial charge in [-0.1, -0.05) is 24.0 Å². The lowest BCUT2D eigenvalue weighted by Crippen LogP contribution is -2.40. The molecule has 1 amide bonds. The first-order valence-electron chi connectivity index (χ1n) is 9.10. The fourth-order valence-corrected chi connectivity index (χ4v) is 4.24. The lowest BCUT2D eigenvalue weighted by molar-refractivity contribution is 0.0730. The van der Waals surface area contributed by atoms with Gasteiger partial charge in [0.2, 0.25) is 10.0 Å². The number of hydrogen-bond acceptors (Lipinski definition) is 5. The van der Waals surface area contributed by atoms with Crippen LogP contribution >= 0.6 is 0 Å². The van der Waals surface area contributed by atoms with E-state index in [0.29, 0.717) is 37.6 Å². The van der Waals surface area contributed by atoms with Crippen LogP contribution in [0.2, 0.25) is 0 Å². The van der Waals surface area contributed by atoms with E-state index in [4.69, 9.17) is 9.47 Å². The lowest BCUT2D eigenvalue weighted by atomic mass is 10.2. The zero-order valence-corrected chi connectivity index (χ0v) is 16.9. The second-order valence-electron chi connectivity index (χ2n) is 6.23. The predicted octanol–water partition coefficient (Wildman–Crippen LogP) is 1.50. The van der Waals surface area contributed by atoms with Crippen molar-refractivity contribution in [3.05, 3.63) is 59.7 Å². The minimum Gasteiger partial charge on any atom is -0.495 e. The zero-order valence-electron chi connectivity index (χ0n) is 16.1. The second kappa shape index (κ2) is 9.56. The second-order valence-corrected chi connectivity index (χ2v) is 8.16. The fourth-order valence-electron chi connectivity index (χ4n) is 2.83. The number of sulfonamides is 1. The Labute approximate surface area is 170 Å². The third-order valence-electron chi connectivity index (χ3n) is 4.39. The summed E-state index contributed by atoms with van der Waals surface area (Å²) in [6, 6.07) is 13.2. The maximum Gasteiger partial charge on any atom is 0.252 e. The molecule has 0 aliphatic carbocycles. The predicted molar refractivity (Wildman–Crippen MR) is 108 cm³/mol. The van der Waals surface area contributed by atoms with Crippen LogP contribution in [-0.4, -0.2) is 58.6 Å². The van der Waals surface area contributed by atoms with Gasteiger partial charge in [-0.15, -0.1) is 0 Å². The van der Waals surface area contributed by atoms with Crippen molar-refractivity contribution in [1.82, 2.24) is 9.62 Å². The molecule has 152 valence electrons. The van der Waals surface area contributed by atoms with E-state index in [1.165, 1.54) is 28.6 Å². The SMILES string of the molecule is COc1ccccc1C#CCNC(=O)c1ccc(S(=O)(=O)N2CCOCC2)cc1. The van der Waals surface area contributed by atoms with Crippen molar-refractivity contribution < 1.29 is 22.7 Å². The summed E-state index contributed by atoms with van der Waals surface area (Å²) in [4.78, 5) is 12.4. The molecule has 2 aromatic rings. The van der Waals surface area contributed by atoms with Crippen molar-refractivity contribution >= 4 is 15.9 Å². The number of carbonyl (C=O) groups is 1. The summed E-state index contributed by atoms with van der Waals surface area (Å²) in [6.07, 6.45) is 0. The molecule has 7 nitrogen and oxygen atoms in total. The van der Waals surface area contributed by atoms with E-state index >= 15 is 0 Å². The number of para-hydroxylation sites is 1. The molecule has 0 unspecified atom stereocenters. The number of methoxy groups -OCH3 is 1. The quantitative estimate of drug-likeness (QED) is 0.750. The molecule has 0 atom stereocenters. The first-order valence-corrected chi connectivity index (χ1v) is 10.5. The van der Waals surface area contributed by atoms with Crippen LogP contribution in [0.1, 0.15) is 15.9 Å². The van der Waals surface area contributed by atoms with Crippen molar-refractivity contribution in [1.29, 1.82) is 0 Å². The smallest absolute Gasteiger partial charge is 0.252 e. The minimum absolute atomic E-state index is 0.157. The van der Waals surface area contributed by atoms with Gasteiger partial charge in [0.15, 0.2) is 0 Å². The summed E-state index contributed by atoms with van der Waals surface area (Å²) in [5.41, 5.74) is 1.10. The molecule has 1 heterocycles. The summed E-state index contributed by atoms with van der Waals surface area (Å²) < 4.78 is 37.0. The third kappa shape index (κ3) is 5.15. The Balaban J connectivity index is 1.60. The monoisotopic (exact) mass is 414 g/mol. The van der Waals surface area contributed by atoms with Crippen LogP contribution in [0, 0.1) is 11.8 Å². The number of morpholine rings is 1. The molecule has 1 aliphatic rings. The summed E-state index contributed by atoms with van der Waals surface area (Å²) in [5.74, 6) is 6.18. The molecule has 0 bridgehead atoms. The molecule has 0 saturated carbocycles. The van der Waals surface area contributed by atoms with E-state index in [9.17, 15) is 13.2 Å². The van der Waals surface area contributed by atoms with Gasteiger partial charge in [-0.2, -0.15) is 4.31 Å². The highest BCUT2D eigenvalue weighted by molar-refractivity contribution is 7.89. The average molecular weight is 414 g/mol. The number of nitrogens with zero attached hydrogens (tertiary/aromatic N) is 1. The summed E-state index contributed by atoms with van der Waals surface area (Å²) in [7, 11) is -2.00. The van der Waals surface area contributed by atoms with E-state index in [0.717, 1.165) is 5.56 Å². The Kier molecular flexibility index (Phi) is 6.88. The van der Waals surface area contributed by atoms with Gasteiger partial charge in [0.05, 0.1) is 37.3 Å². The van der Waals surface area contributed by atoms with Crippen LogP contribution < -0.4 is 10.1 Å². The van der Waals surface area contributed by atoms with Crippen LogP contribution in [-0.2, 0) is 14.8 Å². The Hall–Kier alpha value is -2.86. The fraction of sp³-hybridized carbons (Fsp3) is 0.286. The number of rotatable bonds is 5. The summed E-state index contributed by atoms with van der Waals surface area (Å²) in [6.45, 7) is 1.58. The maximum absolute atomic E-state index is 12.6. The Morgan fingerprint density at radius 2 is 1.83 bits per heavy atom. The number of nitrogens with one attached hydrogen (secondary N) is 1. The summed E-state index contributed by atoms with van der Waals surface area (Å²) >= 11 is 0. The van der Waals surface area contributed by atoms with Crippen molar-refractivity contribution in [2.45, 2.75) is 4.90 Å². The zero-order chi connectivity index (χ0) is 20.7. The van der Waals surface area contributed by atoms with E-state index < -0.39 is 10.0 Å². The van der Waals surface area contributed by atoms with Gasteiger partial charge < -0.3 is 14.8 Å². The maximum atomic E-state index is 12.6. The van der Waals surface area contributed by atoms with Gasteiger partial charge >= 0.3 is 0 Å². The van der Waals surface area contributed by atoms with Crippen LogP contribution in [0.3, 0.4) is 0 Å². The molecule has 29 heavy (non-hydrogen) atoms. The number of ether oxygens (including phenoxy) is 2. The average Bonchev–Trinajstić information content (AvgIpc) is 2.77. The highest BCUT2D eigenvalue weighted by Crippen LogP contribution is 2.18. The Morgan fingerprint density at radius 1 is 1.14 bits per heavy atom. The van der Waals surface area contributed by atoms with Gasteiger partial charge in [-0.25, -0.2) is 8.42 Å². The molecule has 1 N–H and O–H groups in total. The molecule has 1 aliphatic heterocycles. The van der Waals surface area contributed by atoms with Crippen LogP contribution in [0.4, 0.5) is 0 Å². The van der Waals surface area contributed by atoms with Gasteiger partial charge in [-0.05, 0) is 36.4 Å². The Bertz CT molecular complexity index is 1020. The first kappa shape index (κ1) is 20.9. The van der Waals surface area contributed by atoms with Gasteiger partial charge in [0.25, 0.3) is 5.91 Å². The van der Waals surface area contributed by atoms with Crippen LogP contribution in [0.5, 0.6) is 5.75 Å². The Morgan fingerprint density at radius 3 is 2.52 bits per heavy atom. The van der Waals surface area contributed by atoms with Crippen LogP contribution in [0.25, 0.3) is 0 Å². The highest BCUT2D eigenvalue weighted by atomic mass is 32.2. The van der Waals surface area contributed by atoms with E-state index in [2.05, 4.69) is 17.2 Å². The van der Waals surface area contributed by atoms with E-state index in [-0.39, 0.29) is 17.3 Å². The van der Waals surface area contributed by atoms with Crippen molar-refractivity contribution in [2.24, 2.45) is 0 Å². The van der Waals surface area contributed by atoms with E-state index in [1.807, 2.05) is 24.3 Å². The minimum atomic E-state index is -3.58. The van der Waals surface area contributed by atoms with E-state index in [1.54, 1.807) is 7.11 Å². The van der Waals surface area contributed by atoms with Crippen molar-refractivity contribution in [3.63, 3.8) is 0 Å².